The molecule has 0 aliphatic carbocycles. The second kappa shape index (κ2) is 7.15. The molecule has 0 spiro atoms. The van der Waals surface area contributed by atoms with Gasteiger partial charge in [-0.05, 0) is 5.56 Å². The van der Waals surface area contributed by atoms with Crippen LogP contribution in [0.2, 0.25) is 0 Å². The van der Waals surface area contributed by atoms with Crippen LogP contribution >= 0.6 is 0 Å². The summed E-state index contributed by atoms with van der Waals surface area (Å²) in [4.78, 5) is 33.2. The maximum absolute atomic E-state index is 11.5. The quantitative estimate of drug-likeness (QED) is 0.721. The number of primary amides is 1. The van der Waals surface area contributed by atoms with Gasteiger partial charge in [0.15, 0.2) is 6.61 Å². The molecule has 0 radical (unpaired) electrons. The van der Waals surface area contributed by atoms with Gasteiger partial charge in [0, 0.05) is 6.92 Å². The predicted octanol–water partition coefficient (Wildman–Crippen LogP) is 0.282. The first-order valence-corrected chi connectivity index (χ1v) is 5.75. The van der Waals surface area contributed by atoms with Gasteiger partial charge >= 0.3 is 5.97 Å². The summed E-state index contributed by atoms with van der Waals surface area (Å²) in [5.41, 5.74) is 5.66. The molecule has 0 fully saturated rings. The highest BCUT2D eigenvalue weighted by Crippen LogP contribution is 2.17. The SMILES string of the molecule is CC(=O)N[C@H](CC(=O)OCC(N)=O)c1ccccc1. The van der Waals surface area contributed by atoms with Crippen LogP contribution in [0.5, 0.6) is 0 Å². The van der Waals surface area contributed by atoms with Gasteiger partial charge in [0.05, 0.1) is 12.5 Å². The Hall–Kier alpha value is -2.37. The molecule has 0 bridgehead atoms. The minimum atomic E-state index is -0.718. The molecule has 0 aliphatic rings. The number of esters is 1. The van der Waals surface area contributed by atoms with Gasteiger partial charge in [-0.3, -0.25) is 14.4 Å². The van der Waals surface area contributed by atoms with E-state index in [0.717, 1.165) is 5.56 Å². The molecule has 102 valence electrons. The number of amides is 2. The lowest BCUT2D eigenvalue weighted by Gasteiger charge is -2.17. The van der Waals surface area contributed by atoms with Crippen LogP contribution in [0.15, 0.2) is 30.3 Å². The Kier molecular flexibility index (Phi) is 5.53. The Labute approximate surface area is 110 Å². The van der Waals surface area contributed by atoms with E-state index in [1.807, 2.05) is 6.07 Å². The number of rotatable bonds is 6. The highest BCUT2D eigenvalue weighted by Gasteiger charge is 2.18. The third kappa shape index (κ3) is 5.67. The maximum atomic E-state index is 11.5. The van der Waals surface area contributed by atoms with Gasteiger partial charge in [-0.15, -0.1) is 0 Å². The van der Waals surface area contributed by atoms with Crippen molar-refractivity contribution in [2.24, 2.45) is 5.73 Å². The second-order valence-corrected chi connectivity index (χ2v) is 3.99. The van der Waals surface area contributed by atoms with Crippen LogP contribution in [0.3, 0.4) is 0 Å². The Balaban J connectivity index is 2.67. The number of carbonyl (C=O) groups excluding carboxylic acids is 3. The van der Waals surface area contributed by atoms with E-state index in [-0.39, 0.29) is 12.3 Å². The zero-order valence-electron chi connectivity index (χ0n) is 10.6. The molecule has 6 heteroatoms. The molecule has 1 rings (SSSR count). The molecular weight excluding hydrogens is 248 g/mol. The summed E-state index contributed by atoms with van der Waals surface area (Å²) >= 11 is 0. The molecule has 0 unspecified atom stereocenters. The Morgan fingerprint density at radius 3 is 2.42 bits per heavy atom. The van der Waals surface area contributed by atoms with Crippen molar-refractivity contribution in [3.63, 3.8) is 0 Å². The highest BCUT2D eigenvalue weighted by molar-refractivity contribution is 5.80. The van der Waals surface area contributed by atoms with Crippen molar-refractivity contribution in [2.45, 2.75) is 19.4 Å². The molecule has 0 aromatic heterocycles. The molecule has 1 atom stereocenters. The topological polar surface area (TPSA) is 98.5 Å². The number of nitrogens with two attached hydrogens (primary N) is 1. The highest BCUT2D eigenvalue weighted by atomic mass is 16.5. The van der Waals surface area contributed by atoms with Crippen LogP contribution in [0, 0.1) is 0 Å². The van der Waals surface area contributed by atoms with Gasteiger partial charge in [-0.2, -0.15) is 0 Å². The van der Waals surface area contributed by atoms with Crippen LogP contribution in [-0.4, -0.2) is 24.4 Å². The lowest BCUT2D eigenvalue weighted by Crippen LogP contribution is -2.29. The third-order valence-electron chi connectivity index (χ3n) is 2.33. The maximum Gasteiger partial charge on any atom is 0.308 e. The average molecular weight is 264 g/mol. The van der Waals surface area contributed by atoms with Crippen molar-refractivity contribution in [3.05, 3.63) is 35.9 Å². The van der Waals surface area contributed by atoms with Crippen LogP contribution in [0.4, 0.5) is 0 Å². The van der Waals surface area contributed by atoms with Gasteiger partial charge < -0.3 is 15.8 Å². The van der Waals surface area contributed by atoms with E-state index < -0.39 is 24.5 Å². The molecule has 0 saturated heterocycles. The fraction of sp³-hybridized carbons (Fsp3) is 0.308. The molecule has 19 heavy (non-hydrogen) atoms. The first-order chi connectivity index (χ1) is 8.99. The normalized spacial score (nSPS) is 11.4. The summed E-state index contributed by atoms with van der Waals surface area (Å²) in [7, 11) is 0. The number of ether oxygens (including phenoxy) is 1. The fourth-order valence-corrected chi connectivity index (χ4v) is 1.56. The van der Waals surface area contributed by atoms with Crippen molar-refractivity contribution in [1.82, 2.24) is 5.32 Å². The smallest absolute Gasteiger partial charge is 0.308 e. The Bertz CT molecular complexity index is 459. The first-order valence-electron chi connectivity index (χ1n) is 5.75. The van der Waals surface area contributed by atoms with Crippen molar-refractivity contribution < 1.29 is 19.1 Å². The summed E-state index contributed by atoms with van der Waals surface area (Å²) in [6, 6.07) is 8.54. The van der Waals surface area contributed by atoms with Gasteiger partial charge in [-0.1, -0.05) is 30.3 Å². The summed E-state index contributed by atoms with van der Waals surface area (Å²) < 4.78 is 4.67. The standard InChI is InChI=1S/C13H16N2O4/c1-9(16)15-11(10-5-3-2-4-6-10)7-13(18)19-8-12(14)17/h2-6,11H,7-8H2,1H3,(H2,14,17)(H,15,16)/t11-/m1/s1. The van der Waals surface area contributed by atoms with Gasteiger partial charge in [-0.25, -0.2) is 0 Å². The number of carbonyl (C=O) groups is 3. The van der Waals surface area contributed by atoms with Gasteiger partial charge in [0.2, 0.25) is 5.91 Å². The molecule has 0 saturated carbocycles. The molecule has 1 aromatic carbocycles. The minimum Gasteiger partial charge on any atom is -0.456 e. The predicted molar refractivity (Wildman–Crippen MR) is 67.8 cm³/mol. The van der Waals surface area contributed by atoms with E-state index in [4.69, 9.17) is 5.73 Å². The van der Waals surface area contributed by atoms with Crippen molar-refractivity contribution in [2.75, 3.05) is 6.61 Å². The van der Waals surface area contributed by atoms with Crippen molar-refractivity contribution >= 4 is 17.8 Å². The van der Waals surface area contributed by atoms with E-state index in [0.29, 0.717) is 0 Å². The molecule has 0 heterocycles. The molecule has 6 nitrogen and oxygen atoms in total. The fourth-order valence-electron chi connectivity index (χ4n) is 1.56. The lowest BCUT2D eigenvalue weighted by atomic mass is 10.0. The molecule has 0 aliphatic heterocycles. The lowest BCUT2D eigenvalue weighted by molar-refractivity contribution is -0.148. The van der Waals surface area contributed by atoms with Gasteiger partial charge in [0.25, 0.3) is 5.91 Å². The Morgan fingerprint density at radius 1 is 1.26 bits per heavy atom. The van der Waals surface area contributed by atoms with Crippen LogP contribution < -0.4 is 11.1 Å². The first kappa shape index (κ1) is 14.7. The number of hydrogen-bond acceptors (Lipinski definition) is 4. The molecule has 2 amide bonds. The van der Waals surface area contributed by atoms with E-state index in [1.54, 1.807) is 24.3 Å². The molecular formula is C13H16N2O4. The van der Waals surface area contributed by atoms with Crippen LogP contribution in [0.25, 0.3) is 0 Å². The monoisotopic (exact) mass is 264 g/mol. The van der Waals surface area contributed by atoms with Crippen molar-refractivity contribution in [1.29, 1.82) is 0 Å². The minimum absolute atomic E-state index is 0.0587. The van der Waals surface area contributed by atoms with E-state index in [9.17, 15) is 14.4 Å². The van der Waals surface area contributed by atoms with E-state index in [1.165, 1.54) is 6.92 Å². The zero-order chi connectivity index (χ0) is 14.3. The summed E-state index contributed by atoms with van der Waals surface area (Å²) in [5, 5.41) is 2.66. The summed E-state index contributed by atoms with van der Waals surface area (Å²) in [6.45, 7) is 0.908. The summed E-state index contributed by atoms with van der Waals surface area (Å²) in [6.07, 6.45) is -0.0587. The van der Waals surface area contributed by atoms with Gasteiger partial charge in [0.1, 0.15) is 0 Å². The number of hydrogen-bond donors (Lipinski definition) is 2. The number of nitrogens with one attached hydrogen (secondary N) is 1. The molecule has 1 aromatic rings. The zero-order valence-corrected chi connectivity index (χ0v) is 10.6. The van der Waals surface area contributed by atoms with E-state index in [2.05, 4.69) is 10.1 Å². The number of benzene rings is 1. The molecule has 3 N–H and O–H groups in total. The average Bonchev–Trinajstić information content (AvgIpc) is 2.36. The second-order valence-electron chi connectivity index (χ2n) is 3.99. The third-order valence-corrected chi connectivity index (χ3v) is 2.33. The van der Waals surface area contributed by atoms with E-state index >= 15 is 0 Å². The Morgan fingerprint density at radius 2 is 1.89 bits per heavy atom. The van der Waals surface area contributed by atoms with Crippen molar-refractivity contribution in [3.8, 4) is 0 Å². The van der Waals surface area contributed by atoms with Crippen LogP contribution in [-0.2, 0) is 19.1 Å². The van der Waals surface area contributed by atoms with Crippen LogP contribution in [0.1, 0.15) is 24.9 Å². The summed E-state index contributed by atoms with van der Waals surface area (Å²) in [5.74, 6) is -1.57. The largest absolute Gasteiger partial charge is 0.456 e.